The lowest BCUT2D eigenvalue weighted by Crippen LogP contribution is -2.45. The molecule has 34 heavy (non-hydrogen) atoms. The Morgan fingerprint density at radius 1 is 1.12 bits per heavy atom. The molecule has 1 aromatic carbocycles. The van der Waals surface area contributed by atoms with Crippen LogP contribution in [0.1, 0.15) is 38.1 Å². The molecule has 10 nitrogen and oxygen atoms in total. The van der Waals surface area contributed by atoms with E-state index in [1.807, 2.05) is 18.2 Å². The second-order valence-electron chi connectivity index (χ2n) is 7.72. The molecule has 176 valence electrons. The van der Waals surface area contributed by atoms with Crippen LogP contribution in [-0.2, 0) is 11.3 Å². The number of carbonyl (C=O) groups excluding carboxylic acids is 3. The standard InChI is InChI=1S/C23H24N6O4S/c1-33-18-9-7-16(8-10-18)26-20(31)21-27-28-22(34-21)23(32)29-12-4-5-15(14-29)19(30)25-13-17-6-2-3-11-24-17/h2-3,6-11,15H,4-5,12-14H2,1H3,(H,25,30)(H,26,31)/t15-/m1/s1. The maximum atomic E-state index is 13.0. The molecule has 0 saturated carbocycles. The normalized spacial score (nSPS) is 15.4. The van der Waals surface area contributed by atoms with Gasteiger partial charge < -0.3 is 20.3 Å². The molecule has 3 amide bonds. The number of pyridine rings is 1. The number of nitrogens with zero attached hydrogens (tertiary/aromatic N) is 4. The first-order chi connectivity index (χ1) is 16.5. The Bertz CT molecular complexity index is 1150. The Hall–Kier alpha value is -3.86. The first-order valence-corrected chi connectivity index (χ1v) is 11.6. The summed E-state index contributed by atoms with van der Waals surface area (Å²) in [6, 6.07) is 12.4. The van der Waals surface area contributed by atoms with Gasteiger partial charge in [0.15, 0.2) is 0 Å². The molecule has 1 atom stereocenters. The molecule has 1 saturated heterocycles. The predicted octanol–water partition coefficient (Wildman–Crippen LogP) is 2.36. The van der Waals surface area contributed by atoms with Gasteiger partial charge in [0.2, 0.25) is 15.9 Å². The number of carbonyl (C=O) groups is 3. The molecule has 3 heterocycles. The van der Waals surface area contributed by atoms with Gasteiger partial charge in [-0.2, -0.15) is 0 Å². The van der Waals surface area contributed by atoms with Crippen LogP contribution in [0.4, 0.5) is 5.69 Å². The molecule has 11 heteroatoms. The SMILES string of the molecule is COc1ccc(NC(=O)c2nnc(C(=O)N3CCC[C@@H](C(=O)NCc4ccccn4)C3)s2)cc1. The van der Waals surface area contributed by atoms with Crippen molar-refractivity contribution in [1.82, 2.24) is 25.4 Å². The van der Waals surface area contributed by atoms with E-state index in [0.29, 0.717) is 43.9 Å². The summed E-state index contributed by atoms with van der Waals surface area (Å²) in [5, 5.41) is 13.6. The number of ether oxygens (including phenoxy) is 1. The molecular weight excluding hydrogens is 456 g/mol. The van der Waals surface area contributed by atoms with Crippen molar-refractivity contribution in [2.45, 2.75) is 19.4 Å². The summed E-state index contributed by atoms with van der Waals surface area (Å²) in [5.41, 5.74) is 1.35. The fourth-order valence-electron chi connectivity index (χ4n) is 3.60. The second-order valence-corrected chi connectivity index (χ2v) is 8.70. The minimum Gasteiger partial charge on any atom is -0.497 e. The van der Waals surface area contributed by atoms with E-state index in [0.717, 1.165) is 17.0 Å². The molecule has 0 radical (unpaired) electrons. The Kier molecular flexibility index (Phi) is 7.43. The van der Waals surface area contributed by atoms with E-state index < -0.39 is 5.91 Å². The molecule has 1 fully saturated rings. The molecule has 0 bridgehead atoms. The topological polar surface area (TPSA) is 126 Å². The lowest BCUT2D eigenvalue weighted by molar-refractivity contribution is -0.126. The molecule has 4 rings (SSSR count). The van der Waals surface area contributed by atoms with Gasteiger partial charge >= 0.3 is 0 Å². The summed E-state index contributed by atoms with van der Waals surface area (Å²) in [6.07, 6.45) is 3.08. The molecule has 2 aromatic heterocycles. The highest BCUT2D eigenvalue weighted by atomic mass is 32.1. The van der Waals surface area contributed by atoms with Crippen molar-refractivity contribution >= 4 is 34.7 Å². The van der Waals surface area contributed by atoms with E-state index in [1.165, 1.54) is 0 Å². The smallest absolute Gasteiger partial charge is 0.286 e. The van der Waals surface area contributed by atoms with Crippen molar-refractivity contribution in [3.63, 3.8) is 0 Å². The Morgan fingerprint density at radius 3 is 2.65 bits per heavy atom. The van der Waals surface area contributed by atoms with E-state index in [9.17, 15) is 14.4 Å². The zero-order valence-electron chi connectivity index (χ0n) is 18.6. The number of piperidine rings is 1. The van der Waals surface area contributed by atoms with Gasteiger partial charge in [-0.15, -0.1) is 10.2 Å². The second kappa shape index (κ2) is 10.8. The van der Waals surface area contributed by atoms with Crippen molar-refractivity contribution in [3.8, 4) is 5.75 Å². The number of rotatable bonds is 7. The van der Waals surface area contributed by atoms with Gasteiger partial charge in [-0.3, -0.25) is 19.4 Å². The van der Waals surface area contributed by atoms with E-state index in [-0.39, 0.29) is 27.7 Å². The number of hydrogen-bond acceptors (Lipinski definition) is 8. The van der Waals surface area contributed by atoms with Gasteiger partial charge in [0.25, 0.3) is 11.8 Å². The van der Waals surface area contributed by atoms with Crippen LogP contribution in [0, 0.1) is 5.92 Å². The van der Waals surface area contributed by atoms with Gasteiger partial charge in [0.05, 0.1) is 25.3 Å². The van der Waals surface area contributed by atoms with Gasteiger partial charge in [0.1, 0.15) is 5.75 Å². The first-order valence-electron chi connectivity index (χ1n) is 10.8. The summed E-state index contributed by atoms with van der Waals surface area (Å²) < 4.78 is 5.10. The molecule has 1 aliphatic rings. The summed E-state index contributed by atoms with van der Waals surface area (Å²) in [7, 11) is 1.56. The monoisotopic (exact) mass is 480 g/mol. The number of methoxy groups -OCH3 is 1. The first kappa shape index (κ1) is 23.3. The van der Waals surface area contributed by atoms with Crippen molar-refractivity contribution in [1.29, 1.82) is 0 Å². The Labute approximate surface area is 200 Å². The molecule has 0 unspecified atom stereocenters. The van der Waals surface area contributed by atoms with Gasteiger partial charge in [-0.25, -0.2) is 0 Å². The predicted molar refractivity (Wildman–Crippen MR) is 126 cm³/mol. The van der Waals surface area contributed by atoms with E-state index in [4.69, 9.17) is 4.74 Å². The minimum atomic E-state index is -0.452. The summed E-state index contributed by atoms with van der Waals surface area (Å²) in [4.78, 5) is 43.9. The van der Waals surface area contributed by atoms with Gasteiger partial charge in [-0.05, 0) is 49.2 Å². The largest absolute Gasteiger partial charge is 0.497 e. The number of benzene rings is 1. The van der Waals surface area contributed by atoms with Crippen molar-refractivity contribution < 1.29 is 19.1 Å². The lowest BCUT2D eigenvalue weighted by atomic mass is 9.97. The third kappa shape index (κ3) is 5.73. The molecule has 0 aliphatic carbocycles. The zero-order valence-corrected chi connectivity index (χ0v) is 19.4. The third-order valence-corrected chi connectivity index (χ3v) is 6.31. The average Bonchev–Trinajstić information content (AvgIpc) is 3.38. The lowest BCUT2D eigenvalue weighted by Gasteiger charge is -2.31. The highest BCUT2D eigenvalue weighted by Crippen LogP contribution is 2.21. The van der Waals surface area contributed by atoms with Gasteiger partial charge in [-0.1, -0.05) is 17.4 Å². The highest BCUT2D eigenvalue weighted by Gasteiger charge is 2.30. The van der Waals surface area contributed by atoms with Crippen LogP contribution in [0.15, 0.2) is 48.7 Å². The molecular formula is C23H24N6O4S. The zero-order chi connectivity index (χ0) is 23.9. The third-order valence-electron chi connectivity index (χ3n) is 5.40. The number of amides is 3. The number of likely N-dealkylation sites (tertiary alicyclic amines) is 1. The van der Waals surface area contributed by atoms with Crippen LogP contribution in [0.3, 0.4) is 0 Å². The van der Waals surface area contributed by atoms with Crippen LogP contribution in [-0.4, -0.2) is 58.0 Å². The van der Waals surface area contributed by atoms with Crippen LogP contribution in [0.5, 0.6) is 5.75 Å². The maximum absolute atomic E-state index is 13.0. The van der Waals surface area contributed by atoms with E-state index in [2.05, 4.69) is 25.8 Å². The van der Waals surface area contributed by atoms with Crippen LogP contribution < -0.4 is 15.4 Å². The molecule has 0 spiro atoms. The number of nitrogens with one attached hydrogen (secondary N) is 2. The average molecular weight is 481 g/mol. The van der Waals surface area contributed by atoms with Crippen molar-refractivity contribution in [2.75, 3.05) is 25.5 Å². The molecule has 2 N–H and O–H groups in total. The molecule has 1 aliphatic heterocycles. The van der Waals surface area contributed by atoms with Gasteiger partial charge in [0, 0.05) is 25.0 Å². The molecule has 3 aromatic rings. The summed E-state index contributed by atoms with van der Waals surface area (Å²) >= 11 is 0.928. The summed E-state index contributed by atoms with van der Waals surface area (Å²) in [5.74, 6) is -0.533. The van der Waals surface area contributed by atoms with Crippen LogP contribution in [0.2, 0.25) is 0 Å². The quantitative estimate of drug-likeness (QED) is 0.532. The fraction of sp³-hybridized carbons (Fsp3) is 0.304. The van der Waals surface area contributed by atoms with Crippen LogP contribution >= 0.6 is 11.3 Å². The summed E-state index contributed by atoms with van der Waals surface area (Å²) in [6.45, 7) is 1.16. The van der Waals surface area contributed by atoms with Crippen molar-refractivity contribution in [2.24, 2.45) is 5.92 Å². The number of anilines is 1. The van der Waals surface area contributed by atoms with E-state index in [1.54, 1.807) is 42.5 Å². The Balaban J connectivity index is 1.33. The highest BCUT2D eigenvalue weighted by molar-refractivity contribution is 7.15. The Morgan fingerprint density at radius 2 is 1.91 bits per heavy atom. The fourth-order valence-corrected chi connectivity index (χ4v) is 4.30. The maximum Gasteiger partial charge on any atom is 0.286 e. The number of aromatic nitrogens is 3. The van der Waals surface area contributed by atoms with E-state index >= 15 is 0 Å². The number of hydrogen-bond donors (Lipinski definition) is 2. The van der Waals surface area contributed by atoms with Crippen molar-refractivity contribution in [3.05, 3.63) is 64.4 Å². The van der Waals surface area contributed by atoms with Crippen LogP contribution in [0.25, 0.3) is 0 Å². The minimum absolute atomic E-state index is 0.0841.